The van der Waals surface area contributed by atoms with Crippen LogP contribution >= 0.6 is 0 Å². The first kappa shape index (κ1) is 19.9. The lowest BCUT2D eigenvalue weighted by atomic mass is 9.92. The second kappa shape index (κ2) is 8.32. The van der Waals surface area contributed by atoms with Gasteiger partial charge in [0.25, 0.3) is 0 Å². The summed E-state index contributed by atoms with van der Waals surface area (Å²) < 4.78 is 24.9. The lowest BCUT2D eigenvalue weighted by Gasteiger charge is -2.32. The zero-order chi connectivity index (χ0) is 18.6. The van der Waals surface area contributed by atoms with Gasteiger partial charge < -0.3 is 5.32 Å². The van der Waals surface area contributed by atoms with E-state index in [1.165, 1.54) is 16.1 Å². The SMILES string of the molecule is CCc1ccc(C(NC(=O)C2CCCN(S(C)(=O)=O)C2)C(C)C)cc1. The molecule has 1 aliphatic heterocycles. The molecule has 2 unspecified atom stereocenters. The van der Waals surface area contributed by atoms with E-state index in [0.29, 0.717) is 6.54 Å². The molecule has 0 saturated carbocycles. The number of piperidine rings is 1. The van der Waals surface area contributed by atoms with Crippen molar-refractivity contribution in [2.45, 2.75) is 46.1 Å². The molecule has 25 heavy (non-hydrogen) atoms. The lowest BCUT2D eigenvalue weighted by molar-refractivity contribution is -0.127. The average molecular weight is 367 g/mol. The fourth-order valence-corrected chi connectivity index (χ4v) is 4.24. The van der Waals surface area contributed by atoms with Crippen molar-refractivity contribution in [3.05, 3.63) is 35.4 Å². The summed E-state index contributed by atoms with van der Waals surface area (Å²) in [5.41, 5.74) is 2.37. The van der Waals surface area contributed by atoms with Gasteiger partial charge in [0.2, 0.25) is 15.9 Å². The van der Waals surface area contributed by atoms with Gasteiger partial charge in [-0.2, -0.15) is 0 Å². The Morgan fingerprint density at radius 3 is 2.44 bits per heavy atom. The minimum Gasteiger partial charge on any atom is -0.349 e. The van der Waals surface area contributed by atoms with Crippen LogP contribution in [-0.2, 0) is 21.2 Å². The Balaban J connectivity index is 2.09. The highest BCUT2D eigenvalue weighted by Gasteiger charge is 2.31. The number of nitrogens with zero attached hydrogens (tertiary/aromatic N) is 1. The van der Waals surface area contributed by atoms with Gasteiger partial charge in [0.15, 0.2) is 0 Å². The van der Waals surface area contributed by atoms with E-state index in [-0.39, 0.29) is 30.3 Å². The van der Waals surface area contributed by atoms with Crippen molar-refractivity contribution < 1.29 is 13.2 Å². The number of benzene rings is 1. The number of amides is 1. The fourth-order valence-electron chi connectivity index (χ4n) is 3.32. The number of sulfonamides is 1. The predicted molar refractivity (Wildman–Crippen MR) is 101 cm³/mol. The Bertz CT molecular complexity index is 683. The van der Waals surface area contributed by atoms with Gasteiger partial charge in [-0.15, -0.1) is 0 Å². The third-order valence-corrected chi connectivity index (χ3v) is 6.21. The second-order valence-electron chi connectivity index (χ2n) is 7.29. The molecule has 5 nitrogen and oxygen atoms in total. The first-order valence-corrected chi connectivity index (χ1v) is 10.9. The lowest BCUT2D eigenvalue weighted by Crippen LogP contribution is -2.46. The van der Waals surface area contributed by atoms with Crippen molar-refractivity contribution in [1.82, 2.24) is 9.62 Å². The van der Waals surface area contributed by atoms with Crippen LogP contribution in [0.25, 0.3) is 0 Å². The molecule has 1 fully saturated rings. The van der Waals surface area contributed by atoms with Crippen molar-refractivity contribution in [2.75, 3.05) is 19.3 Å². The van der Waals surface area contributed by atoms with Crippen molar-refractivity contribution in [3.63, 3.8) is 0 Å². The molecule has 1 aromatic rings. The monoisotopic (exact) mass is 366 g/mol. The van der Waals surface area contributed by atoms with E-state index in [4.69, 9.17) is 0 Å². The van der Waals surface area contributed by atoms with Gasteiger partial charge in [-0.3, -0.25) is 4.79 Å². The van der Waals surface area contributed by atoms with Crippen molar-refractivity contribution >= 4 is 15.9 Å². The van der Waals surface area contributed by atoms with Gasteiger partial charge in [-0.05, 0) is 36.3 Å². The molecule has 1 aliphatic rings. The Kier molecular flexibility index (Phi) is 6.63. The number of rotatable bonds is 6. The largest absolute Gasteiger partial charge is 0.349 e. The normalized spacial score (nSPS) is 20.4. The van der Waals surface area contributed by atoms with Crippen molar-refractivity contribution in [2.24, 2.45) is 11.8 Å². The van der Waals surface area contributed by atoms with Crippen LogP contribution in [0.4, 0.5) is 0 Å². The number of carbonyl (C=O) groups is 1. The van der Waals surface area contributed by atoms with E-state index < -0.39 is 10.0 Å². The standard InChI is InChI=1S/C19H30N2O3S/c1-5-15-8-10-16(11-9-15)18(14(2)3)20-19(22)17-7-6-12-21(13-17)25(4,23)24/h8-11,14,17-18H,5-7,12-13H2,1-4H3,(H,20,22). The number of carbonyl (C=O) groups excluding carboxylic acids is 1. The van der Waals surface area contributed by atoms with E-state index in [1.807, 2.05) is 0 Å². The Morgan fingerprint density at radius 2 is 1.92 bits per heavy atom. The molecule has 1 heterocycles. The van der Waals surface area contributed by atoms with Gasteiger partial charge in [-0.1, -0.05) is 45.0 Å². The first-order valence-electron chi connectivity index (χ1n) is 9.06. The molecule has 1 saturated heterocycles. The third kappa shape index (κ3) is 5.28. The summed E-state index contributed by atoms with van der Waals surface area (Å²) in [4.78, 5) is 12.7. The van der Waals surface area contributed by atoms with Gasteiger partial charge in [-0.25, -0.2) is 12.7 Å². The second-order valence-corrected chi connectivity index (χ2v) is 9.27. The smallest absolute Gasteiger partial charge is 0.224 e. The Labute approximate surface area is 151 Å². The van der Waals surface area contributed by atoms with Crippen LogP contribution < -0.4 is 5.32 Å². The summed E-state index contributed by atoms with van der Waals surface area (Å²) in [5.74, 6) is -0.0720. The molecule has 2 atom stereocenters. The van der Waals surface area contributed by atoms with Crippen LogP contribution in [0.15, 0.2) is 24.3 Å². The highest BCUT2D eigenvalue weighted by Crippen LogP contribution is 2.25. The zero-order valence-electron chi connectivity index (χ0n) is 15.7. The molecule has 1 amide bonds. The number of aryl methyl sites for hydroxylation is 1. The van der Waals surface area contributed by atoms with E-state index in [0.717, 1.165) is 24.8 Å². The van der Waals surface area contributed by atoms with Crippen LogP contribution in [0.1, 0.15) is 50.8 Å². The van der Waals surface area contributed by atoms with Crippen molar-refractivity contribution in [1.29, 1.82) is 0 Å². The molecule has 0 radical (unpaired) electrons. The van der Waals surface area contributed by atoms with Crippen molar-refractivity contribution in [3.8, 4) is 0 Å². The maximum absolute atomic E-state index is 12.7. The Hall–Kier alpha value is -1.40. The zero-order valence-corrected chi connectivity index (χ0v) is 16.5. The van der Waals surface area contributed by atoms with E-state index in [2.05, 4.69) is 50.4 Å². The van der Waals surface area contributed by atoms with Gasteiger partial charge in [0.05, 0.1) is 18.2 Å². The van der Waals surface area contributed by atoms with Gasteiger partial charge >= 0.3 is 0 Å². The third-order valence-electron chi connectivity index (χ3n) is 4.94. The number of hydrogen-bond acceptors (Lipinski definition) is 3. The minimum atomic E-state index is -3.24. The molecule has 2 rings (SSSR count). The quantitative estimate of drug-likeness (QED) is 0.842. The molecule has 0 bridgehead atoms. The maximum atomic E-state index is 12.7. The molecular weight excluding hydrogens is 336 g/mol. The van der Waals surface area contributed by atoms with Crippen LogP contribution in [0.3, 0.4) is 0 Å². The number of nitrogens with one attached hydrogen (secondary N) is 1. The topological polar surface area (TPSA) is 66.5 Å². The predicted octanol–water partition coefficient (Wildman–Crippen LogP) is 2.73. The molecule has 0 aromatic heterocycles. The molecule has 1 N–H and O–H groups in total. The molecule has 6 heteroatoms. The molecule has 1 aromatic carbocycles. The highest BCUT2D eigenvalue weighted by molar-refractivity contribution is 7.88. The first-order chi connectivity index (χ1) is 11.7. The van der Waals surface area contributed by atoms with E-state index in [9.17, 15) is 13.2 Å². The van der Waals surface area contributed by atoms with Crippen LogP contribution in [0.5, 0.6) is 0 Å². The van der Waals surface area contributed by atoms with Crippen LogP contribution in [0, 0.1) is 11.8 Å². The van der Waals surface area contributed by atoms with E-state index in [1.54, 1.807) is 0 Å². The summed E-state index contributed by atoms with van der Waals surface area (Å²) in [6.07, 6.45) is 3.65. The summed E-state index contributed by atoms with van der Waals surface area (Å²) in [6.45, 7) is 7.08. The Morgan fingerprint density at radius 1 is 1.28 bits per heavy atom. The van der Waals surface area contributed by atoms with Gasteiger partial charge in [0, 0.05) is 13.1 Å². The highest BCUT2D eigenvalue weighted by atomic mass is 32.2. The molecular formula is C19H30N2O3S. The fraction of sp³-hybridized carbons (Fsp3) is 0.632. The summed E-state index contributed by atoms with van der Waals surface area (Å²) in [5, 5.41) is 3.15. The molecule has 140 valence electrons. The van der Waals surface area contributed by atoms with Crippen LogP contribution in [0.2, 0.25) is 0 Å². The van der Waals surface area contributed by atoms with Gasteiger partial charge in [0.1, 0.15) is 0 Å². The molecule has 0 spiro atoms. The summed E-state index contributed by atoms with van der Waals surface area (Å²) in [6, 6.07) is 8.29. The summed E-state index contributed by atoms with van der Waals surface area (Å²) in [7, 11) is -3.24. The van der Waals surface area contributed by atoms with E-state index >= 15 is 0 Å². The summed E-state index contributed by atoms with van der Waals surface area (Å²) >= 11 is 0. The molecule has 0 aliphatic carbocycles. The number of hydrogen-bond donors (Lipinski definition) is 1. The van der Waals surface area contributed by atoms with Crippen LogP contribution in [-0.4, -0.2) is 38.0 Å². The minimum absolute atomic E-state index is 0.0494. The maximum Gasteiger partial charge on any atom is 0.224 e. The average Bonchev–Trinajstić information content (AvgIpc) is 2.58.